The third-order valence-corrected chi connectivity index (χ3v) is 9.40. The molecular weight excluding hydrogens is 627 g/mol. The van der Waals surface area contributed by atoms with E-state index in [0.717, 1.165) is 48.3 Å². The number of hydrogen-bond acceptors (Lipinski definition) is 5. The fraction of sp³-hybridized carbons (Fsp3) is 0.111. The van der Waals surface area contributed by atoms with Crippen LogP contribution in [0.1, 0.15) is 53.9 Å². The number of para-hydroxylation sites is 3. The third-order valence-electron chi connectivity index (χ3n) is 9.40. The van der Waals surface area contributed by atoms with Crippen LogP contribution in [0.2, 0.25) is 0 Å². The number of rotatable bonds is 3. The van der Waals surface area contributed by atoms with E-state index in [0.29, 0.717) is 12.2 Å². The van der Waals surface area contributed by atoms with Crippen LogP contribution in [-0.2, 0) is 19.3 Å². The van der Waals surface area contributed by atoms with Gasteiger partial charge in [0.15, 0.2) is 5.78 Å². The predicted molar refractivity (Wildman–Crippen MR) is 213 cm³/mol. The monoisotopic (exact) mass is 669 g/mol. The number of benzene rings is 6. The summed E-state index contributed by atoms with van der Waals surface area (Å²) >= 11 is 0. The molecule has 0 atom stereocenters. The molecule has 51 heavy (non-hydrogen) atoms. The minimum atomic E-state index is 0. The summed E-state index contributed by atoms with van der Waals surface area (Å²) in [6, 6.07) is 53.2. The van der Waals surface area contributed by atoms with Gasteiger partial charge in [-0.05, 0) is 71.8 Å². The first-order valence-electron chi connectivity index (χ1n) is 17.4. The molecule has 0 spiro atoms. The number of nitrogens with one attached hydrogen (secondary N) is 3. The fourth-order valence-corrected chi connectivity index (χ4v) is 6.82. The van der Waals surface area contributed by atoms with E-state index >= 15 is 0 Å². The zero-order chi connectivity index (χ0) is 34.8. The molecule has 1 heterocycles. The Morgan fingerprint density at radius 2 is 1.10 bits per heavy atom. The molecular formula is C45H43N5O+2. The number of carbonyl (C=O) groups is 1. The molecule has 3 aliphatic rings. The van der Waals surface area contributed by atoms with Gasteiger partial charge < -0.3 is 10.4 Å². The second-order valence-corrected chi connectivity index (χ2v) is 12.6. The number of ketones is 1. The largest absolute Gasteiger partial charge is 1.00 e. The highest BCUT2D eigenvalue weighted by atomic mass is 16.1. The van der Waals surface area contributed by atoms with Crippen molar-refractivity contribution in [1.29, 1.82) is 0 Å². The molecule has 0 radical (unpaired) electrons. The highest BCUT2D eigenvalue weighted by Gasteiger charge is 2.22. The third kappa shape index (κ3) is 7.82. The second kappa shape index (κ2) is 16.0. The van der Waals surface area contributed by atoms with Gasteiger partial charge in [0.05, 0.1) is 17.1 Å². The summed E-state index contributed by atoms with van der Waals surface area (Å²) in [6.07, 6.45) is 4.84. The summed E-state index contributed by atoms with van der Waals surface area (Å²) in [6.45, 7) is 0. The first-order valence-corrected chi connectivity index (χ1v) is 17.4. The molecule has 10 rings (SSSR count). The lowest BCUT2D eigenvalue weighted by Gasteiger charge is -2.02. The molecule has 1 aromatic heterocycles. The molecule has 7 aromatic rings. The van der Waals surface area contributed by atoms with Gasteiger partial charge in [-0.3, -0.25) is 16.1 Å². The van der Waals surface area contributed by atoms with Crippen molar-refractivity contribution in [3.05, 3.63) is 191 Å². The molecule has 5 N–H and O–H groups in total. The van der Waals surface area contributed by atoms with E-state index in [1.807, 2.05) is 84.9 Å². The van der Waals surface area contributed by atoms with Crippen molar-refractivity contribution in [2.45, 2.75) is 32.1 Å². The van der Waals surface area contributed by atoms with E-state index in [9.17, 15) is 4.79 Å². The summed E-state index contributed by atoms with van der Waals surface area (Å²) < 4.78 is 0. The Labute approximate surface area is 302 Å². The van der Waals surface area contributed by atoms with Gasteiger partial charge in [0, 0.05) is 46.1 Å². The van der Waals surface area contributed by atoms with Gasteiger partial charge in [0.2, 0.25) is 0 Å². The van der Waals surface area contributed by atoms with E-state index in [2.05, 4.69) is 93.7 Å². The van der Waals surface area contributed by atoms with Crippen molar-refractivity contribution in [2.75, 3.05) is 10.9 Å². The molecule has 3 aliphatic carbocycles. The van der Waals surface area contributed by atoms with Gasteiger partial charge in [-0.25, -0.2) is 0 Å². The first-order chi connectivity index (χ1) is 25.2. The SMILES string of the molecule is NNc1ccccc1.O=C1CCc2ccccc21.[H+].[H+].c1ccc(N/N=C2\CCc3ccccc32)cc1.c1ccc2c(c1)Cc1c-2[nH]c2ccccc12. The van der Waals surface area contributed by atoms with Crippen molar-refractivity contribution in [3.63, 3.8) is 0 Å². The van der Waals surface area contributed by atoms with Crippen molar-refractivity contribution in [2.24, 2.45) is 10.9 Å². The Morgan fingerprint density at radius 1 is 0.549 bits per heavy atom. The number of aromatic nitrogens is 1. The number of hydrogen-bond donors (Lipinski definition) is 4. The molecule has 0 fully saturated rings. The van der Waals surface area contributed by atoms with Crippen LogP contribution in [0.3, 0.4) is 0 Å². The average Bonchev–Trinajstić information content (AvgIpc) is 3.98. The highest BCUT2D eigenvalue weighted by Crippen LogP contribution is 2.40. The molecule has 6 heteroatoms. The molecule has 6 nitrogen and oxygen atoms in total. The molecule has 6 aromatic carbocycles. The molecule has 252 valence electrons. The smallest absolute Gasteiger partial charge is 0.354 e. The number of aryl methyl sites for hydroxylation is 2. The summed E-state index contributed by atoms with van der Waals surface area (Å²) in [5.74, 6) is 5.40. The molecule has 0 aliphatic heterocycles. The Kier molecular flexibility index (Phi) is 10.4. The van der Waals surface area contributed by atoms with Gasteiger partial charge in [-0.1, -0.05) is 127 Å². The van der Waals surface area contributed by atoms with E-state index in [4.69, 9.17) is 5.84 Å². The standard InChI is InChI=1S/C15H14N2.C15H11N.C9H8O.C6H8N2/c1-2-7-13(8-3-1)16-17-15-11-10-12-6-4-5-9-14(12)15;1-2-6-11-10(5-1)9-13-12-7-3-4-8-14(12)16-15(11)13;10-9-6-5-7-3-1-2-4-8(7)9;7-8-6-4-2-1-3-5-6/h1-9,16H,10-11H2;1-8,16H,9H2;1-4H,5-6H2;1-5,8H,7H2/p+2/b17-15+;;;. The van der Waals surface area contributed by atoms with Crippen molar-refractivity contribution in [3.8, 4) is 11.3 Å². The number of fused-ring (bicyclic) bond motifs is 7. The van der Waals surface area contributed by atoms with Crippen LogP contribution in [0, 0.1) is 0 Å². The van der Waals surface area contributed by atoms with Crippen LogP contribution >= 0.6 is 0 Å². The van der Waals surface area contributed by atoms with E-state index < -0.39 is 0 Å². The zero-order valence-electron chi connectivity index (χ0n) is 30.5. The number of aromatic amines is 1. The maximum absolute atomic E-state index is 11.1. The van der Waals surface area contributed by atoms with Crippen molar-refractivity contribution in [1.82, 2.24) is 4.98 Å². The van der Waals surface area contributed by atoms with Crippen LogP contribution < -0.4 is 16.7 Å². The summed E-state index contributed by atoms with van der Waals surface area (Å²) in [4.78, 5) is 14.6. The first kappa shape index (κ1) is 33.3. The van der Waals surface area contributed by atoms with Crippen LogP contribution in [0.25, 0.3) is 22.2 Å². The second-order valence-electron chi connectivity index (χ2n) is 12.6. The van der Waals surface area contributed by atoms with E-state index in [1.165, 1.54) is 50.0 Å². The fourth-order valence-electron chi connectivity index (χ4n) is 6.82. The van der Waals surface area contributed by atoms with Crippen molar-refractivity contribution >= 4 is 33.8 Å². The van der Waals surface area contributed by atoms with Crippen LogP contribution in [0.15, 0.2) is 163 Å². The van der Waals surface area contributed by atoms with Crippen LogP contribution in [-0.4, -0.2) is 16.5 Å². The quantitative estimate of drug-likeness (QED) is 0.111. The number of nitrogens with two attached hydrogens (primary N) is 1. The van der Waals surface area contributed by atoms with E-state index in [-0.39, 0.29) is 2.85 Å². The molecule has 0 amide bonds. The predicted octanol–water partition coefficient (Wildman–Crippen LogP) is 10.2. The number of anilines is 2. The number of hydrazone groups is 1. The Morgan fingerprint density at radius 3 is 1.78 bits per heavy atom. The Hall–Kier alpha value is -6.24. The number of hydrazine groups is 1. The minimum Gasteiger partial charge on any atom is -0.354 e. The summed E-state index contributed by atoms with van der Waals surface area (Å²) in [5, 5.41) is 5.87. The number of H-pyrrole nitrogens is 1. The highest BCUT2D eigenvalue weighted by molar-refractivity contribution is 6.04. The number of nitrogen functional groups attached to an aromatic ring is 1. The van der Waals surface area contributed by atoms with Gasteiger partial charge in [-0.15, -0.1) is 0 Å². The summed E-state index contributed by atoms with van der Waals surface area (Å²) in [5.41, 5.74) is 20.4. The number of nitrogens with zero attached hydrogens (tertiary/aromatic N) is 1. The topological polar surface area (TPSA) is 95.3 Å². The van der Waals surface area contributed by atoms with Crippen LogP contribution in [0.4, 0.5) is 11.4 Å². The van der Waals surface area contributed by atoms with Gasteiger partial charge in [0.1, 0.15) is 0 Å². The molecule has 0 saturated carbocycles. The van der Waals surface area contributed by atoms with Gasteiger partial charge in [0.25, 0.3) is 0 Å². The van der Waals surface area contributed by atoms with Gasteiger partial charge in [-0.2, -0.15) is 5.10 Å². The lowest BCUT2D eigenvalue weighted by Crippen LogP contribution is -2.05. The minimum absolute atomic E-state index is 0. The average molecular weight is 670 g/mol. The van der Waals surface area contributed by atoms with Crippen LogP contribution in [0.5, 0.6) is 0 Å². The van der Waals surface area contributed by atoms with Gasteiger partial charge >= 0.3 is 2.85 Å². The number of Topliss-reactive ketones (excluding diaryl/α,β-unsaturated/α-hetero) is 1. The maximum atomic E-state index is 11.1. The van der Waals surface area contributed by atoms with Crippen molar-refractivity contribution < 1.29 is 7.65 Å². The Balaban J connectivity index is 0.000000140. The molecule has 0 bridgehead atoms. The maximum Gasteiger partial charge on any atom is 1.00 e. The Bertz CT molecular complexity index is 2290. The molecule has 0 saturated heterocycles. The summed E-state index contributed by atoms with van der Waals surface area (Å²) in [7, 11) is 0. The normalized spacial score (nSPS) is 13.7. The molecule has 0 unspecified atom stereocenters. The van der Waals surface area contributed by atoms with E-state index in [1.54, 1.807) is 0 Å². The number of carbonyl (C=O) groups excluding carboxylic acids is 1. The lowest BCUT2D eigenvalue weighted by atomic mass is 10.1. The zero-order valence-corrected chi connectivity index (χ0v) is 28.5. The lowest BCUT2D eigenvalue weighted by molar-refractivity contribution is 0.0994.